The van der Waals surface area contributed by atoms with Crippen molar-refractivity contribution in [3.63, 3.8) is 0 Å². The molecule has 1 unspecified atom stereocenters. The van der Waals surface area contributed by atoms with Gasteiger partial charge in [0.2, 0.25) is 0 Å². The summed E-state index contributed by atoms with van der Waals surface area (Å²) in [6.45, 7) is 0.326. The monoisotopic (exact) mass is 290 g/mol. The van der Waals surface area contributed by atoms with Crippen LogP contribution in [-0.4, -0.2) is 23.7 Å². The van der Waals surface area contributed by atoms with Crippen molar-refractivity contribution in [1.82, 2.24) is 0 Å². The molecule has 1 N–H and O–H groups in total. The zero-order valence-electron chi connectivity index (χ0n) is 10.5. The standard InChI is InChI=1S/C15H12ClFN2O/c16-12-8-11(6-7-13(12)17)19-9-14(20)18-15(19)10-4-2-1-3-5-10/h1-8,14,20H,9H2. The first-order chi connectivity index (χ1) is 9.65. The number of hydrogen-bond donors (Lipinski definition) is 1. The number of aliphatic hydroxyl groups excluding tert-OH is 1. The Morgan fingerprint density at radius 2 is 1.95 bits per heavy atom. The molecule has 1 aliphatic heterocycles. The Morgan fingerprint density at radius 1 is 1.20 bits per heavy atom. The predicted molar refractivity (Wildman–Crippen MR) is 77.7 cm³/mol. The molecule has 1 atom stereocenters. The number of nitrogens with zero attached hydrogens (tertiary/aromatic N) is 2. The van der Waals surface area contributed by atoms with Gasteiger partial charge < -0.3 is 10.0 Å². The Bertz CT molecular complexity index is 660. The van der Waals surface area contributed by atoms with Crippen LogP contribution < -0.4 is 4.90 Å². The summed E-state index contributed by atoms with van der Waals surface area (Å²) in [7, 11) is 0. The Labute approximate surface area is 120 Å². The van der Waals surface area contributed by atoms with Gasteiger partial charge in [0.1, 0.15) is 11.7 Å². The summed E-state index contributed by atoms with van der Waals surface area (Å²) in [5.41, 5.74) is 1.60. The lowest BCUT2D eigenvalue weighted by molar-refractivity contribution is 0.202. The summed E-state index contributed by atoms with van der Waals surface area (Å²) >= 11 is 5.82. The number of halogens is 2. The Morgan fingerprint density at radius 3 is 2.65 bits per heavy atom. The predicted octanol–water partition coefficient (Wildman–Crippen LogP) is 3.06. The molecule has 0 radical (unpaired) electrons. The third kappa shape index (κ3) is 2.40. The molecule has 0 aromatic heterocycles. The lowest BCUT2D eigenvalue weighted by Gasteiger charge is -2.21. The quantitative estimate of drug-likeness (QED) is 0.923. The van der Waals surface area contributed by atoms with Crippen LogP contribution >= 0.6 is 11.6 Å². The van der Waals surface area contributed by atoms with Crippen LogP contribution in [0.25, 0.3) is 0 Å². The van der Waals surface area contributed by atoms with Crippen molar-refractivity contribution in [2.24, 2.45) is 4.99 Å². The van der Waals surface area contributed by atoms with Crippen LogP contribution in [0.2, 0.25) is 5.02 Å². The molecule has 0 spiro atoms. The number of rotatable bonds is 2. The van der Waals surface area contributed by atoms with E-state index >= 15 is 0 Å². The first-order valence-corrected chi connectivity index (χ1v) is 6.57. The van der Waals surface area contributed by atoms with E-state index in [4.69, 9.17) is 11.6 Å². The third-order valence-corrected chi connectivity index (χ3v) is 3.41. The van der Waals surface area contributed by atoms with Crippen LogP contribution in [0.3, 0.4) is 0 Å². The van der Waals surface area contributed by atoms with Gasteiger partial charge in [0.15, 0.2) is 6.23 Å². The van der Waals surface area contributed by atoms with Crippen LogP contribution in [0.15, 0.2) is 53.5 Å². The number of anilines is 1. The van der Waals surface area contributed by atoms with Crippen molar-refractivity contribution < 1.29 is 9.50 Å². The molecule has 102 valence electrons. The van der Waals surface area contributed by atoms with E-state index < -0.39 is 12.0 Å². The van der Waals surface area contributed by atoms with Crippen LogP contribution in [0, 0.1) is 5.82 Å². The van der Waals surface area contributed by atoms with Gasteiger partial charge in [0, 0.05) is 11.3 Å². The molecule has 20 heavy (non-hydrogen) atoms. The molecule has 2 aromatic carbocycles. The van der Waals surface area contributed by atoms with E-state index in [-0.39, 0.29) is 5.02 Å². The molecule has 0 amide bonds. The highest BCUT2D eigenvalue weighted by Gasteiger charge is 2.26. The highest BCUT2D eigenvalue weighted by Crippen LogP contribution is 2.27. The van der Waals surface area contributed by atoms with Gasteiger partial charge in [0.05, 0.1) is 11.6 Å². The van der Waals surface area contributed by atoms with E-state index in [1.54, 1.807) is 6.07 Å². The van der Waals surface area contributed by atoms with Crippen molar-refractivity contribution >= 4 is 23.1 Å². The van der Waals surface area contributed by atoms with Gasteiger partial charge >= 0.3 is 0 Å². The maximum Gasteiger partial charge on any atom is 0.165 e. The minimum absolute atomic E-state index is 0.0521. The minimum Gasteiger partial charge on any atom is -0.370 e. The molecule has 0 aliphatic carbocycles. The highest BCUT2D eigenvalue weighted by atomic mass is 35.5. The second-order valence-corrected chi connectivity index (χ2v) is 4.92. The van der Waals surface area contributed by atoms with E-state index in [0.29, 0.717) is 18.1 Å². The lowest BCUT2D eigenvalue weighted by Crippen LogP contribution is -2.29. The fraction of sp³-hybridized carbons (Fsp3) is 0.133. The molecule has 5 heteroatoms. The zero-order chi connectivity index (χ0) is 14.1. The average Bonchev–Trinajstić information content (AvgIpc) is 2.85. The molecule has 0 bridgehead atoms. The van der Waals surface area contributed by atoms with Gasteiger partial charge in [0.25, 0.3) is 0 Å². The maximum absolute atomic E-state index is 13.3. The van der Waals surface area contributed by atoms with Gasteiger partial charge in [-0.3, -0.25) is 0 Å². The van der Waals surface area contributed by atoms with Crippen molar-refractivity contribution in [2.75, 3.05) is 11.4 Å². The van der Waals surface area contributed by atoms with Crippen molar-refractivity contribution in [3.05, 3.63) is 64.9 Å². The second-order valence-electron chi connectivity index (χ2n) is 4.51. The Balaban J connectivity index is 2.00. The molecule has 0 fully saturated rings. The second kappa shape index (κ2) is 5.23. The van der Waals surface area contributed by atoms with E-state index in [0.717, 1.165) is 5.56 Å². The fourth-order valence-electron chi connectivity index (χ4n) is 2.20. The van der Waals surface area contributed by atoms with E-state index in [9.17, 15) is 9.50 Å². The van der Waals surface area contributed by atoms with Gasteiger partial charge in [-0.05, 0) is 18.2 Å². The van der Waals surface area contributed by atoms with Crippen LogP contribution in [0.1, 0.15) is 5.56 Å². The Hall–Kier alpha value is -1.91. The number of hydrogen-bond acceptors (Lipinski definition) is 3. The lowest BCUT2D eigenvalue weighted by atomic mass is 10.2. The van der Waals surface area contributed by atoms with E-state index in [2.05, 4.69) is 4.99 Å². The van der Waals surface area contributed by atoms with E-state index in [1.165, 1.54) is 12.1 Å². The molecule has 0 saturated carbocycles. The Kier molecular flexibility index (Phi) is 3.42. The van der Waals surface area contributed by atoms with E-state index in [1.807, 2.05) is 35.2 Å². The minimum atomic E-state index is -0.797. The number of benzene rings is 2. The van der Waals surface area contributed by atoms with Crippen molar-refractivity contribution in [3.8, 4) is 0 Å². The normalized spacial score (nSPS) is 18.2. The van der Waals surface area contributed by atoms with Gasteiger partial charge in [-0.25, -0.2) is 9.38 Å². The van der Waals surface area contributed by atoms with Crippen molar-refractivity contribution in [2.45, 2.75) is 6.23 Å². The first kappa shape index (κ1) is 13.1. The summed E-state index contributed by atoms with van der Waals surface area (Å²) in [4.78, 5) is 6.05. The third-order valence-electron chi connectivity index (χ3n) is 3.12. The molecule has 3 nitrogen and oxygen atoms in total. The van der Waals surface area contributed by atoms with Crippen LogP contribution in [0.4, 0.5) is 10.1 Å². The SMILES string of the molecule is OC1CN(c2ccc(F)c(Cl)c2)C(c2ccccc2)=N1. The van der Waals surface area contributed by atoms with Crippen molar-refractivity contribution in [1.29, 1.82) is 0 Å². The highest BCUT2D eigenvalue weighted by molar-refractivity contribution is 6.31. The zero-order valence-corrected chi connectivity index (χ0v) is 11.3. The number of β-amino-alcohol motifs (C(OH)–C–C–N with tert-alkyl or cyclic N) is 1. The molecule has 2 aromatic rings. The molecular weight excluding hydrogens is 279 g/mol. The largest absolute Gasteiger partial charge is 0.370 e. The topological polar surface area (TPSA) is 35.8 Å². The summed E-state index contributed by atoms with van der Waals surface area (Å²) in [5.74, 6) is 0.189. The smallest absolute Gasteiger partial charge is 0.165 e. The van der Waals surface area contributed by atoms with Crippen LogP contribution in [-0.2, 0) is 0 Å². The molecular formula is C15H12ClFN2O. The number of amidine groups is 1. The number of aliphatic imine (C=N–C) groups is 1. The molecule has 1 aliphatic rings. The van der Waals surface area contributed by atoms with Gasteiger partial charge in [-0.2, -0.15) is 0 Å². The summed E-state index contributed by atoms with van der Waals surface area (Å²) < 4.78 is 13.3. The first-order valence-electron chi connectivity index (χ1n) is 6.19. The summed E-state index contributed by atoms with van der Waals surface area (Å²) in [6.07, 6.45) is -0.797. The summed E-state index contributed by atoms with van der Waals surface area (Å²) in [5, 5.41) is 9.83. The summed E-state index contributed by atoms with van der Waals surface area (Å²) in [6, 6.07) is 14.0. The molecule has 3 rings (SSSR count). The van der Waals surface area contributed by atoms with Gasteiger partial charge in [-0.1, -0.05) is 41.9 Å². The van der Waals surface area contributed by atoms with Gasteiger partial charge in [-0.15, -0.1) is 0 Å². The fourth-order valence-corrected chi connectivity index (χ4v) is 2.37. The molecule has 0 saturated heterocycles. The number of aliphatic hydroxyl groups is 1. The average molecular weight is 291 g/mol. The maximum atomic E-state index is 13.3. The van der Waals surface area contributed by atoms with Crippen LogP contribution in [0.5, 0.6) is 0 Å². The molecule has 1 heterocycles.